The quantitative estimate of drug-likeness (QED) is 0.427. The van der Waals surface area contributed by atoms with Crippen LogP contribution in [0.3, 0.4) is 0 Å². The molecule has 0 saturated carbocycles. The highest BCUT2D eigenvalue weighted by Gasteiger charge is 2.30. The van der Waals surface area contributed by atoms with E-state index in [1.54, 1.807) is 0 Å². The van der Waals surface area contributed by atoms with Gasteiger partial charge >= 0.3 is 12.4 Å². The summed E-state index contributed by atoms with van der Waals surface area (Å²) in [6, 6.07) is 8.13. The molecule has 192 valence electrons. The van der Waals surface area contributed by atoms with Gasteiger partial charge in [-0.2, -0.15) is 26.3 Å². The smallest absolute Gasteiger partial charge is 0.416 e. The van der Waals surface area contributed by atoms with Gasteiger partial charge in [-0.3, -0.25) is 9.59 Å². The van der Waals surface area contributed by atoms with E-state index in [0.29, 0.717) is 5.56 Å². The lowest BCUT2D eigenvalue weighted by atomic mass is 10.0. The molecule has 1 unspecified atom stereocenters. The molecule has 12 heteroatoms. The van der Waals surface area contributed by atoms with Gasteiger partial charge in [0.25, 0.3) is 5.91 Å². The van der Waals surface area contributed by atoms with Crippen LogP contribution in [0.25, 0.3) is 0 Å². The van der Waals surface area contributed by atoms with Gasteiger partial charge in [0.05, 0.1) is 24.7 Å². The van der Waals surface area contributed by atoms with Crippen molar-refractivity contribution in [2.24, 2.45) is 0 Å². The van der Waals surface area contributed by atoms with Crippen molar-refractivity contribution >= 4 is 11.8 Å². The van der Waals surface area contributed by atoms with Crippen molar-refractivity contribution in [3.05, 3.63) is 65.2 Å². The van der Waals surface area contributed by atoms with Crippen molar-refractivity contribution in [2.75, 3.05) is 13.2 Å². The van der Waals surface area contributed by atoms with Crippen molar-refractivity contribution in [1.82, 2.24) is 10.6 Å². The number of rotatable bonds is 10. The van der Waals surface area contributed by atoms with Gasteiger partial charge in [0.1, 0.15) is 11.8 Å². The first-order chi connectivity index (χ1) is 16.2. The third-order valence-corrected chi connectivity index (χ3v) is 4.69. The van der Waals surface area contributed by atoms with Crippen LogP contribution in [0.15, 0.2) is 48.5 Å². The Balaban J connectivity index is 2.09. The molecule has 0 aliphatic rings. The predicted octanol–water partition coefficient (Wildman–Crippen LogP) is 3.87. The normalized spacial score (nSPS) is 13.6. The average molecular weight is 506 g/mol. The summed E-state index contributed by atoms with van der Waals surface area (Å²) in [5.74, 6) is -1.25. The maximum Gasteiger partial charge on any atom is 0.416 e. The number of alkyl halides is 6. The molecule has 0 aromatic heterocycles. The number of nitrogens with one attached hydrogen (secondary N) is 2. The fraction of sp³-hybridized carbons (Fsp3) is 0.391. The molecule has 0 aliphatic heterocycles. The van der Waals surface area contributed by atoms with E-state index >= 15 is 0 Å². The van der Waals surface area contributed by atoms with E-state index in [1.807, 2.05) is 0 Å². The van der Waals surface area contributed by atoms with Crippen LogP contribution in [0.2, 0.25) is 0 Å². The Hall–Kier alpha value is -3.28. The van der Waals surface area contributed by atoms with E-state index in [9.17, 15) is 41.0 Å². The summed E-state index contributed by atoms with van der Waals surface area (Å²) in [7, 11) is 0. The van der Waals surface area contributed by atoms with E-state index in [1.165, 1.54) is 31.2 Å². The summed E-state index contributed by atoms with van der Waals surface area (Å²) in [6.45, 7) is 0.779. The van der Waals surface area contributed by atoms with Crippen molar-refractivity contribution < 1.29 is 45.8 Å². The molecule has 0 aliphatic carbocycles. The SMILES string of the molecule is C[C@@H](O)CNC(=O)C(Cc1ccc(OCCC(F)(F)F)cc1)NC(=O)c1ccc(C(F)(F)F)cc1. The summed E-state index contributed by atoms with van der Waals surface area (Å²) in [5, 5.41) is 14.3. The van der Waals surface area contributed by atoms with Crippen LogP contribution in [-0.4, -0.2) is 48.4 Å². The number of carbonyl (C=O) groups excluding carboxylic acids is 2. The molecule has 2 aromatic rings. The van der Waals surface area contributed by atoms with Gasteiger partial charge < -0.3 is 20.5 Å². The Kier molecular flexibility index (Phi) is 9.52. The molecular weight excluding hydrogens is 482 g/mol. The Morgan fingerprint density at radius 3 is 2.09 bits per heavy atom. The molecule has 0 heterocycles. The zero-order chi connectivity index (χ0) is 26.2. The van der Waals surface area contributed by atoms with Crippen LogP contribution in [-0.2, 0) is 17.4 Å². The molecule has 0 fully saturated rings. The molecular formula is C23H24F6N2O4. The second-order valence-electron chi connectivity index (χ2n) is 7.76. The van der Waals surface area contributed by atoms with Gasteiger partial charge in [0, 0.05) is 18.5 Å². The zero-order valence-electron chi connectivity index (χ0n) is 18.5. The molecule has 2 amide bonds. The molecule has 0 radical (unpaired) electrons. The number of amides is 2. The minimum absolute atomic E-state index is 0.0408. The maximum atomic E-state index is 12.7. The third kappa shape index (κ3) is 9.85. The highest BCUT2D eigenvalue weighted by Crippen LogP contribution is 2.29. The lowest BCUT2D eigenvalue weighted by Gasteiger charge is -2.20. The van der Waals surface area contributed by atoms with Gasteiger partial charge in [-0.25, -0.2) is 0 Å². The average Bonchev–Trinajstić information content (AvgIpc) is 2.76. The van der Waals surface area contributed by atoms with E-state index < -0.39 is 54.9 Å². The number of aliphatic hydroxyl groups excluding tert-OH is 1. The van der Waals surface area contributed by atoms with E-state index in [4.69, 9.17) is 4.74 Å². The van der Waals surface area contributed by atoms with Crippen LogP contribution in [0, 0.1) is 0 Å². The third-order valence-electron chi connectivity index (χ3n) is 4.69. The Bertz CT molecular complexity index is 973. The van der Waals surface area contributed by atoms with Crippen LogP contribution < -0.4 is 15.4 Å². The van der Waals surface area contributed by atoms with Crippen LogP contribution in [0.5, 0.6) is 5.75 Å². The first-order valence-electron chi connectivity index (χ1n) is 10.5. The van der Waals surface area contributed by atoms with E-state index in [-0.39, 0.29) is 24.3 Å². The number of hydrogen-bond acceptors (Lipinski definition) is 4. The Morgan fingerprint density at radius 1 is 0.971 bits per heavy atom. The van der Waals surface area contributed by atoms with Gasteiger partial charge in [-0.15, -0.1) is 0 Å². The zero-order valence-corrected chi connectivity index (χ0v) is 18.5. The fourth-order valence-electron chi connectivity index (χ4n) is 2.88. The fourth-order valence-corrected chi connectivity index (χ4v) is 2.88. The molecule has 6 nitrogen and oxygen atoms in total. The summed E-state index contributed by atoms with van der Waals surface area (Å²) >= 11 is 0. The van der Waals surface area contributed by atoms with Gasteiger partial charge in [0.15, 0.2) is 0 Å². The van der Waals surface area contributed by atoms with Crippen LogP contribution >= 0.6 is 0 Å². The number of ether oxygens (including phenoxy) is 1. The number of aliphatic hydroxyl groups is 1. The molecule has 2 atom stereocenters. The monoisotopic (exact) mass is 506 g/mol. The predicted molar refractivity (Wildman–Crippen MR) is 114 cm³/mol. The molecule has 2 aromatic carbocycles. The topological polar surface area (TPSA) is 87.7 Å². The summed E-state index contributed by atoms with van der Waals surface area (Å²) in [6.07, 6.45) is -10.9. The first kappa shape index (κ1) is 28.0. The molecule has 35 heavy (non-hydrogen) atoms. The van der Waals surface area contributed by atoms with Crippen molar-refractivity contribution in [1.29, 1.82) is 0 Å². The van der Waals surface area contributed by atoms with Gasteiger partial charge in [-0.1, -0.05) is 12.1 Å². The number of hydrogen-bond donors (Lipinski definition) is 3. The Labute approximate surface area is 197 Å². The largest absolute Gasteiger partial charge is 0.493 e. The van der Waals surface area contributed by atoms with Crippen LogP contribution in [0.4, 0.5) is 26.3 Å². The highest BCUT2D eigenvalue weighted by atomic mass is 19.4. The molecule has 3 N–H and O–H groups in total. The minimum Gasteiger partial charge on any atom is -0.493 e. The van der Waals surface area contributed by atoms with Crippen LogP contribution in [0.1, 0.15) is 34.8 Å². The van der Waals surface area contributed by atoms with Crippen molar-refractivity contribution in [3.63, 3.8) is 0 Å². The highest BCUT2D eigenvalue weighted by molar-refractivity contribution is 5.97. The summed E-state index contributed by atoms with van der Waals surface area (Å²) < 4.78 is 80.0. The lowest BCUT2D eigenvalue weighted by molar-refractivity contribution is -0.139. The summed E-state index contributed by atoms with van der Waals surface area (Å²) in [5.41, 5.74) is -0.504. The van der Waals surface area contributed by atoms with E-state index in [0.717, 1.165) is 24.3 Å². The van der Waals surface area contributed by atoms with E-state index in [2.05, 4.69) is 10.6 Å². The second-order valence-corrected chi connectivity index (χ2v) is 7.76. The Morgan fingerprint density at radius 2 is 1.57 bits per heavy atom. The van der Waals surface area contributed by atoms with Crippen molar-refractivity contribution in [2.45, 2.75) is 44.3 Å². The maximum absolute atomic E-state index is 12.7. The number of carbonyl (C=O) groups is 2. The first-order valence-corrected chi connectivity index (χ1v) is 10.5. The summed E-state index contributed by atoms with van der Waals surface area (Å²) in [4.78, 5) is 25.2. The van der Waals surface area contributed by atoms with Gasteiger partial charge in [-0.05, 0) is 48.9 Å². The molecule has 0 spiro atoms. The standard InChI is InChI=1S/C23H24F6N2O4/c1-14(32)13-30-21(34)19(31-20(33)16-4-6-17(7-5-16)23(27,28)29)12-15-2-8-18(9-3-15)35-11-10-22(24,25)26/h2-9,14,19,32H,10-13H2,1H3,(H,30,34)(H,31,33)/t14-,19?/m1/s1. The molecule has 0 bridgehead atoms. The molecule has 0 saturated heterocycles. The number of benzene rings is 2. The lowest BCUT2D eigenvalue weighted by Crippen LogP contribution is -2.49. The molecule has 2 rings (SSSR count). The van der Waals surface area contributed by atoms with Crippen molar-refractivity contribution in [3.8, 4) is 5.75 Å². The number of halogens is 6. The minimum atomic E-state index is -4.57. The van der Waals surface area contributed by atoms with Gasteiger partial charge in [0.2, 0.25) is 5.91 Å². The second kappa shape index (κ2) is 11.9.